The molecule has 0 amide bonds. The van der Waals surface area contributed by atoms with Crippen LogP contribution in [0.1, 0.15) is 11.5 Å². The van der Waals surface area contributed by atoms with Crippen molar-refractivity contribution >= 4 is 22.9 Å². The van der Waals surface area contributed by atoms with Crippen molar-refractivity contribution in [3.63, 3.8) is 0 Å². The van der Waals surface area contributed by atoms with Crippen LogP contribution in [-0.4, -0.2) is 25.5 Å². The van der Waals surface area contributed by atoms with Gasteiger partial charge in [0.15, 0.2) is 5.69 Å². The number of rotatable bonds is 3. The van der Waals surface area contributed by atoms with Gasteiger partial charge in [-0.05, 0) is 31.2 Å². The van der Waals surface area contributed by atoms with Crippen molar-refractivity contribution in [3.05, 3.63) is 76.5 Å². The van der Waals surface area contributed by atoms with Gasteiger partial charge in [0, 0.05) is 7.05 Å². The van der Waals surface area contributed by atoms with E-state index in [0.29, 0.717) is 11.5 Å². The largest absolute Gasteiger partial charge is 0.337 e. The van der Waals surface area contributed by atoms with Crippen LogP contribution in [-0.2, 0) is 7.05 Å². The molecular formula is C19H17N5O. The minimum atomic E-state index is -0.154. The molecule has 4 aromatic rings. The highest BCUT2D eigenvalue weighted by Crippen LogP contribution is 2.17. The zero-order valence-corrected chi connectivity index (χ0v) is 14.0. The maximum atomic E-state index is 12.8. The fourth-order valence-electron chi connectivity index (χ4n) is 2.86. The monoisotopic (exact) mass is 331 g/mol. The number of fused-ring (bicyclic) bond motifs is 1. The summed E-state index contributed by atoms with van der Waals surface area (Å²) in [4.78, 5) is 24.8. The molecule has 0 aliphatic rings. The molecule has 0 unspecified atom stereocenters. The number of aliphatic imine (C=N–C) groups is 1. The van der Waals surface area contributed by atoms with Crippen molar-refractivity contribution in [1.82, 2.24) is 19.3 Å². The molecule has 0 saturated heterocycles. The van der Waals surface area contributed by atoms with Crippen LogP contribution < -0.4 is 5.56 Å². The Labute approximate surface area is 144 Å². The van der Waals surface area contributed by atoms with Gasteiger partial charge < -0.3 is 4.98 Å². The van der Waals surface area contributed by atoms with Crippen molar-refractivity contribution in [2.24, 2.45) is 12.0 Å². The van der Waals surface area contributed by atoms with E-state index in [4.69, 9.17) is 0 Å². The average molecular weight is 331 g/mol. The van der Waals surface area contributed by atoms with Crippen molar-refractivity contribution in [1.29, 1.82) is 0 Å². The van der Waals surface area contributed by atoms with Crippen molar-refractivity contribution in [3.8, 4) is 5.69 Å². The molecule has 0 aliphatic carbocycles. The lowest BCUT2D eigenvalue weighted by atomic mass is 10.3. The Morgan fingerprint density at radius 3 is 2.56 bits per heavy atom. The molecule has 0 radical (unpaired) electrons. The number of nitrogens with one attached hydrogen (secondary N) is 1. The number of aromatic nitrogens is 4. The summed E-state index contributed by atoms with van der Waals surface area (Å²) in [6.07, 6.45) is 1.60. The number of benzene rings is 2. The molecule has 2 aromatic carbocycles. The lowest BCUT2D eigenvalue weighted by Gasteiger charge is -2.07. The Morgan fingerprint density at radius 2 is 1.80 bits per heavy atom. The van der Waals surface area contributed by atoms with Gasteiger partial charge in [-0.3, -0.25) is 9.48 Å². The van der Waals surface area contributed by atoms with Crippen LogP contribution in [0.25, 0.3) is 16.7 Å². The second-order valence-corrected chi connectivity index (χ2v) is 5.81. The SMILES string of the molecule is Cc1c(N=Cc2nc3ccccc3[nH]2)c(=O)n(-c2ccccc2)n1C. The lowest BCUT2D eigenvalue weighted by molar-refractivity contribution is 0.630. The van der Waals surface area contributed by atoms with Gasteiger partial charge in [-0.25, -0.2) is 14.7 Å². The van der Waals surface area contributed by atoms with Crippen LogP contribution in [0.3, 0.4) is 0 Å². The number of nitrogens with zero attached hydrogens (tertiary/aromatic N) is 4. The summed E-state index contributed by atoms with van der Waals surface area (Å²) in [7, 11) is 1.85. The van der Waals surface area contributed by atoms with E-state index in [-0.39, 0.29) is 5.56 Å². The van der Waals surface area contributed by atoms with Gasteiger partial charge in [0.25, 0.3) is 5.56 Å². The van der Waals surface area contributed by atoms with Crippen molar-refractivity contribution in [2.45, 2.75) is 6.92 Å². The minimum Gasteiger partial charge on any atom is -0.337 e. The molecule has 6 nitrogen and oxygen atoms in total. The number of imidazole rings is 1. The molecule has 124 valence electrons. The van der Waals surface area contributed by atoms with Crippen molar-refractivity contribution < 1.29 is 0 Å². The summed E-state index contributed by atoms with van der Waals surface area (Å²) in [6.45, 7) is 1.88. The first-order chi connectivity index (χ1) is 12.1. The van der Waals surface area contributed by atoms with E-state index < -0.39 is 0 Å². The quantitative estimate of drug-likeness (QED) is 0.586. The highest BCUT2D eigenvalue weighted by atomic mass is 16.1. The normalized spacial score (nSPS) is 11.6. The Hall–Kier alpha value is -3.41. The molecule has 2 aromatic heterocycles. The van der Waals surface area contributed by atoms with Gasteiger partial charge in [-0.15, -0.1) is 0 Å². The van der Waals surface area contributed by atoms with Crippen LogP contribution in [0.5, 0.6) is 0 Å². The highest BCUT2D eigenvalue weighted by molar-refractivity contribution is 5.85. The van der Waals surface area contributed by atoms with Crippen LogP contribution >= 0.6 is 0 Å². The summed E-state index contributed by atoms with van der Waals surface area (Å²) in [5.41, 5.74) is 3.67. The van der Waals surface area contributed by atoms with Gasteiger partial charge in [0.1, 0.15) is 5.82 Å². The maximum absolute atomic E-state index is 12.8. The third kappa shape index (κ3) is 2.57. The van der Waals surface area contributed by atoms with Crippen LogP contribution in [0.15, 0.2) is 64.4 Å². The summed E-state index contributed by atoms with van der Waals surface area (Å²) < 4.78 is 3.42. The molecule has 0 atom stereocenters. The van der Waals surface area contributed by atoms with E-state index in [1.165, 1.54) is 0 Å². The predicted octanol–water partition coefficient (Wildman–Crippen LogP) is 3.11. The Balaban J connectivity index is 1.77. The van der Waals surface area contributed by atoms with E-state index in [0.717, 1.165) is 22.4 Å². The second-order valence-electron chi connectivity index (χ2n) is 5.81. The van der Waals surface area contributed by atoms with E-state index >= 15 is 0 Å². The lowest BCUT2D eigenvalue weighted by Crippen LogP contribution is -2.19. The molecule has 0 aliphatic heterocycles. The fraction of sp³-hybridized carbons (Fsp3) is 0.105. The Bertz CT molecular complexity index is 1100. The molecule has 0 spiro atoms. The third-order valence-corrected chi connectivity index (χ3v) is 4.25. The zero-order chi connectivity index (χ0) is 17.4. The maximum Gasteiger partial charge on any atom is 0.297 e. The van der Waals surface area contributed by atoms with Gasteiger partial charge in [0.2, 0.25) is 0 Å². The van der Waals surface area contributed by atoms with Crippen LogP contribution in [0, 0.1) is 6.92 Å². The second kappa shape index (κ2) is 5.90. The third-order valence-electron chi connectivity index (χ3n) is 4.25. The zero-order valence-electron chi connectivity index (χ0n) is 14.0. The number of H-pyrrole nitrogens is 1. The standard InChI is InChI=1S/C19H17N5O/c1-13-18(19(25)24(23(13)2)14-8-4-3-5-9-14)20-12-17-21-15-10-6-7-11-16(15)22-17/h3-12H,1-2H3,(H,21,22). The number of hydrogen-bond donors (Lipinski definition) is 1. The molecule has 2 heterocycles. The molecule has 1 N–H and O–H groups in total. The number of para-hydroxylation sites is 3. The van der Waals surface area contributed by atoms with E-state index in [1.807, 2.05) is 73.3 Å². The van der Waals surface area contributed by atoms with Gasteiger partial charge in [0.05, 0.1) is 28.6 Å². The fourth-order valence-corrected chi connectivity index (χ4v) is 2.86. The molecule has 0 saturated carbocycles. The summed E-state index contributed by atoms with van der Waals surface area (Å²) >= 11 is 0. The van der Waals surface area contributed by atoms with Crippen LogP contribution in [0.2, 0.25) is 0 Å². The van der Waals surface area contributed by atoms with Gasteiger partial charge >= 0.3 is 0 Å². The predicted molar refractivity (Wildman–Crippen MR) is 99.1 cm³/mol. The Morgan fingerprint density at radius 1 is 1.08 bits per heavy atom. The first kappa shape index (κ1) is 15.1. The van der Waals surface area contributed by atoms with Crippen molar-refractivity contribution in [2.75, 3.05) is 0 Å². The van der Waals surface area contributed by atoms with E-state index in [9.17, 15) is 4.79 Å². The van der Waals surface area contributed by atoms with Gasteiger partial charge in [-0.2, -0.15) is 0 Å². The minimum absolute atomic E-state index is 0.154. The average Bonchev–Trinajstić information content (AvgIpc) is 3.13. The molecule has 6 heteroatoms. The smallest absolute Gasteiger partial charge is 0.297 e. The molecule has 0 bridgehead atoms. The van der Waals surface area contributed by atoms with Gasteiger partial charge in [-0.1, -0.05) is 30.3 Å². The summed E-state index contributed by atoms with van der Waals surface area (Å²) in [6, 6.07) is 17.3. The molecule has 4 rings (SSSR count). The topological polar surface area (TPSA) is 68.0 Å². The molecular weight excluding hydrogens is 314 g/mol. The Kier molecular flexibility index (Phi) is 3.57. The van der Waals surface area contributed by atoms with E-state index in [1.54, 1.807) is 10.9 Å². The summed E-state index contributed by atoms with van der Waals surface area (Å²) in [5, 5.41) is 0. The first-order valence-corrected chi connectivity index (χ1v) is 7.98. The number of aromatic amines is 1. The van der Waals surface area contributed by atoms with Crippen LogP contribution in [0.4, 0.5) is 5.69 Å². The molecule has 25 heavy (non-hydrogen) atoms. The summed E-state index contributed by atoms with van der Waals surface area (Å²) in [5.74, 6) is 0.620. The first-order valence-electron chi connectivity index (χ1n) is 7.98. The number of hydrogen-bond acceptors (Lipinski definition) is 3. The molecule has 0 fully saturated rings. The van der Waals surface area contributed by atoms with E-state index in [2.05, 4.69) is 15.0 Å². The highest BCUT2D eigenvalue weighted by Gasteiger charge is 2.15.